The topological polar surface area (TPSA) is 58.4 Å². The summed E-state index contributed by atoms with van der Waals surface area (Å²) in [7, 11) is 0. The van der Waals surface area contributed by atoms with Crippen LogP contribution in [0.2, 0.25) is 0 Å². The van der Waals surface area contributed by atoms with E-state index in [0.717, 1.165) is 31.7 Å². The van der Waals surface area contributed by atoms with Gasteiger partial charge in [0.05, 0.1) is 6.04 Å². The second-order valence-corrected chi connectivity index (χ2v) is 6.27. The Bertz CT molecular complexity index is 243. The Kier molecular flexibility index (Phi) is 9.30. The number of thioether (sulfide) groups is 1. The van der Waals surface area contributed by atoms with Crippen LogP contribution >= 0.6 is 11.8 Å². The van der Waals surface area contributed by atoms with Crippen molar-refractivity contribution >= 4 is 17.7 Å². The van der Waals surface area contributed by atoms with Gasteiger partial charge in [-0.2, -0.15) is 11.8 Å². The van der Waals surface area contributed by atoms with E-state index in [-0.39, 0.29) is 11.9 Å². The fourth-order valence-electron chi connectivity index (χ4n) is 2.38. The Morgan fingerprint density at radius 2 is 2.00 bits per heavy atom. The van der Waals surface area contributed by atoms with E-state index in [4.69, 9.17) is 5.73 Å². The molecule has 112 valence electrons. The van der Waals surface area contributed by atoms with Gasteiger partial charge in [0.1, 0.15) is 0 Å². The normalized spacial score (nSPS) is 18.8. The number of nitrogens with zero attached hydrogens (tertiary/aromatic N) is 1. The first-order valence-corrected chi connectivity index (χ1v) is 8.88. The molecule has 1 aliphatic heterocycles. The molecule has 3 N–H and O–H groups in total. The third-order valence-corrected chi connectivity index (χ3v) is 4.26. The number of rotatable bonds is 8. The maximum Gasteiger partial charge on any atom is 0.236 e. The Morgan fingerprint density at radius 3 is 2.63 bits per heavy atom. The van der Waals surface area contributed by atoms with Crippen LogP contribution in [0.4, 0.5) is 0 Å². The summed E-state index contributed by atoms with van der Waals surface area (Å²) in [5.41, 5.74) is 5.81. The zero-order chi connectivity index (χ0) is 13.9. The maximum absolute atomic E-state index is 11.7. The van der Waals surface area contributed by atoms with Gasteiger partial charge < -0.3 is 16.0 Å². The van der Waals surface area contributed by atoms with Gasteiger partial charge in [0.15, 0.2) is 0 Å². The van der Waals surface area contributed by atoms with Crippen LogP contribution in [-0.4, -0.2) is 55.0 Å². The van der Waals surface area contributed by atoms with Crippen LogP contribution in [0.15, 0.2) is 0 Å². The van der Waals surface area contributed by atoms with Crippen LogP contribution in [0.5, 0.6) is 0 Å². The minimum absolute atomic E-state index is 0.00455. The first-order chi connectivity index (χ1) is 9.24. The van der Waals surface area contributed by atoms with Crippen LogP contribution in [0.25, 0.3) is 0 Å². The first kappa shape index (κ1) is 16.8. The van der Waals surface area contributed by atoms with E-state index in [1.54, 1.807) is 11.8 Å². The quantitative estimate of drug-likeness (QED) is 0.663. The lowest BCUT2D eigenvalue weighted by Gasteiger charge is -2.19. The summed E-state index contributed by atoms with van der Waals surface area (Å²) in [5.74, 6) is 0.951. The molecule has 5 heteroatoms. The van der Waals surface area contributed by atoms with Crippen molar-refractivity contribution in [2.75, 3.05) is 38.2 Å². The molecular weight excluding hydrogens is 258 g/mol. The molecule has 0 aromatic rings. The van der Waals surface area contributed by atoms with Gasteiger partial charge in [0, 0.05) is 6.54 Å². The van der Waals surface area contributed by atoms with E-state index in [1.165, 1.54) is 38.8 Å². The van der Waals surface area contributed by atoms with E-state index in [9.17, 15) is 4.79 Å². The van der Waals surface area contributed by atoms with Crippen molar-refractivity contribution in [3.63, 3.8) is 0 Å². The number of carbonyl (C=O) groups excluding carboxylic acids is 1. The van der Waals surface area contributed by atoms with Crippen LogP contribution in [0.3, 0.4) is 0 Å². The van der Waals surface area contributed by atoms with E-state index in [1.807, 2.05) is 6.26 Å². The molecule has 0 radical (unpaired) electrons. The van der Waals surface area contributed by atoms with E-state index < -0.39 is 0 Å². The molecule has 19 heavy (non-hydrogen) atoms. The summed E-state index contributed by atoms with van der Waals surface area (Å²) in [5, 5.41) is 2.95. The van der Waals surface area contributed by atoms with Crippen molar-refractivity contribution in [2.45, 2.75) is 44.6 Å². The monoisotopic (exact) mass is 287 g/mol. The van der Waals surface area contributed by atoms with Crippen LogP contribution < -0.4 is 11.1 Å². The smallest absolute Gasteiger partial charge is 0.236 e. The van der Waals surface area contributed by atoms with Gasteiger partial charge in [0.25, 0.3) is 0 Å². The number of amides is 1. The zero-order valence-electron chi connectivity index (χ0n) is 12.2. The highest BCUT2D eigenvalue weighted by Crippen LogP contribution is 2.09. The summed E-state index contributed by atoms with van der Waals surface area (Å²) in [6.45, 7) is 4.30. The molecule has 1 rings (SSSR count). The summed E-state index contributed by atoms with van der Waals surface area (Å²) >= 11 is 1.73. The van der Waals surface area contributed by atoms with Crippen molar-refractivity contribution in [3.05, 3.63) is 0 Å². The summed E-state index contributed by atoms with van der Waals surface area (Å²) in [6, 6.07) is -0.342. The fourth-order valence-corrected chi connectivity index (χ4v) is 2.87. The number of nitrogens with one attached hydrogen (secondary N) is 1. The zero-order valence-corrected chi connectivity index (χ0v) is 13.0. The van der Waals surface area contributed by atoms with Gasteiger partial charge in [0.2, 0.25) is 5.91 Å². The molecule has 0 saturated carbocycles. The minimum Gasteiger partial charge on any atom is -0.355 e. The predicted octanol–water partition coefficient (Wildman–Crippen LogP) is 1.45. The molecular formula is C14H29N3OS. The summed E-state index contributed by atoms with van der Waals surface area (Å²) in [4.78, 5) is 14.2. The van der Waals surface area contributed by atoms with Gasteiger partial charge >= 0.3 is 0 Å². The second kappa shape index (κ2) is 10.5. The summed E-state index contributed by atoms with van der Waals surface area (Å²) < 4.78 is 0. The third-order valence-electron chi connectivity index (χ3n) is 3.62. The van der Waals surface area contributed by atoms with E-state index in [2.05, 4.69) is 10.2 Å². The fraction of sp³-hybridized carbons (Fsp3) is 0.929. The van der Waals surface area contributed by atoms with Crippen molar-refractivity contribution in [1.82, 2.24) is 10.2 Å². The molecule has 0 spiro atoms. The Balaban J connectivity index is 2.04. The van der Waals surface area contributed by atoms with Crippen molar-refractivity contribution in [2.24, 2.45) is 5.73 Å². The highest BCUT2D eigenvalue weighted by atomic mass is 32.2. The van der Waals surface area contributed by atoms with Crippen molar-refractivity contribution < 1.29 is 4.79 Å². The van der Waals surface area contributed by atoms with Gasteiger partial charge in [-0.25, -0.2) is 0 Å². The van der Waals surface area contributed by atoms with Gasteiger partial charge in [-0.05, 0) is 57.3 Å². The number of hydrogen-bond acceptors (Lipinski definition) is 4. The molecule has 0 aromatic carbocycles. The Labute approximate surface area is 121 Å². The molecule has 1 aliphatic rings. The molecule has 4 nitrogen and oxygen atoms in total. The largest absolute Gasteiger partial charge is 0.355 e. The van der Waals surface area contributed by atoms with E-state index in [0.29, 0.717) is 0 Å². The van der Waals surface area contributed by atoms with Crippen molar-refractivity contribution in [1.29, 1.82) is 0 Å². The molecule has 1 fully saturated rings. The lowest BCUT2D eigenvalue weighted by Crippen LogP contribution is -2.41. The molecule has 0 aliphatic carbocycles. The molecule has 0 aromatic heterocycles. The summed E-state index contributed by atoms with van der Waals surface area (Å²) in [6.07, 6.45) is 9.22. The highest BCUT2D eigenvalue weighted by Gasteiger charge is 2.12. The van der Waals surface area contributed by atoms with Gasteiger partial charge in [-0.1, -0.05) is 12.8 Å². The Morgan fingerprint density at radius 1 is 1.32 bits per heavy atom. The van der Waals surface area contributed by atoms with Crippen LogP contribution in [0.1, 0.15) is 38.5 Å². The first-order valence-electron chi connectivity index (χ1n) is 7.48. The standard InChI is InChI=1S/C14H29N3OS/c1-19-12-7-13(15)14(18)16-8-6-11-17-9-4-2-3-5-10-17/h13H,2-12,15H2,1H3,(H,16,18)/t13-/m0/s1. The van der Waals surface area contributed by atoms with Crippen molar-refractivity contribution in [3.8, 4) is 0 Å². The Hall–Kier alpha value is -0.260. The van der Waals surface area contributed by atoms with E-state index >= 15 is 0 Å². The third kappa shape index (κ3) is 7.80. The number of carbonyl (C=O) groups is 1. The molecule has 1 saturated heterocycles. The number of hydrogen-bond donors (Lipinski definition) is 2. The molecule has 1 amide bonds. The molecule has 1 heterocycles. The highest BCUT2D eigenvalue weighted by molar-refractivity contribution is 7.98. The molecule has 0 unspecified atom stereocenters. The molecule has 1 atom stereocenters. The second-order valence-electron chi connectivity index (χ2n) is 5.29. The average Bonchev–Trinajstić information content (AvgIpc) is 2.69. The SMILES string of the molecule is CSCC[C@H](N)C(=O)NCCCN1CCCCCC1. The van der Waals surface area contributed by atoms with Gasteiger partial charge in [-0.3, -0.25) is 4.79 Å². The van der Waals surface area contributed by atoms with Crippen LogP contribution in [0, 0.1) is 0 Å². The average molecular weight is 287 g/mol. The van der Waals surface area contributed by atoms with Crippen LogP contribution in [-0.2, 0) is 4.79 Å². The van der Waals surface area contributed by atoms with Gasteiger partial charge in [-0.15, -0.1) is 0 Å². The predicted molar refractivity (Wildman–Crippen MR) is 83.5 cm³/mol. The minimum atomic E-state index is -0.342. The number of likely N-dealkylation sites (tertiary alicyclic amines) is 1. The molecule has 0 bridgehead atoms. The lowest BCUT2D eigenvalue weighted by atomic mass is 10.2. The lowest BCUT2D eigenvalue weighted by molar-refractivity contribution is -0.122. The number of nitrogens with two attached hydrogens (primary N) is 1. The maximum atomic E-state index is 11.7.